The molecule has 0 atom stereocenters. The highest BCUT2D eigenvalue weighted by molar-refractivity contribution is 8.18. The smallest absolute Gasteiger partial charge is 0.267 e. The third-order valence-corrected chi connectivity index (χ3v) is 5.23. The van der Waals surface area contributed by atoms with Crippen molar-refractivity contribution in [2.75, 3.05) is 6.54 Å². The van der Waals surface area contributed by atoms with Gasteiger partial charge in [0.2, 0.25) is 5.13 Å². The molecule has 0 aliphatic carbocycles. The Kier molecular flexibility index (Phi) is 4.59. The van der Waals surface area contributed by atoms with Crippen LogP contribution >= 0.6 is 23.1 Å². The van der Waals surface area contributed by atoms with Crippen LogP contribution < -0.4 is 0 Å². The first-order valence-corrected chi connectivity index (χ1v) is 9.46. The number of nitrogens with zero attached hydrogens (tertiary/aromatic N) is 5. The van der Waals surface area contributed by atoms with Gasteiger partial charge >= 0.3 is 0 Å². The summed E-state index contributed by atoms with van der Waals surface area (Å²) in [4.78, 5) is 32.4. The van der Waals surface area contributed by atoms with Gasteiger partial charge in [0.05, 0.1) is 27.8 Å². The highest BCUT2D eigenvalue weighted by Gasteiger charge is 2.33. The molecule has 1 aromatic carbocycles. The molecular weight excluding hydrogens is 366 g/mol. The number of amidine groups is 1. The molecule has 1 fully saturated rings. The summed E-state index contributed by atoms with van der Waals surface area (Å²) in [5.41, 5.74) is 2.24. The molecule has 1 saturated heterocycles. The van der Waals surface area contributed by atoms with Gasteiger partial charge in [-0.15, -0.1) is 17.9 Å². The molecule has 0 radical (unpaired) electrons. The van der Waals surface area contributed by atoms with Gasteiger partial charge in [-0.3, -0.25) is 14.7 Å². The van der Waals surface area contributed by atoms with E-state index in [4.69, 9.17) is 0 Å². The van der Waals surface area contributed by atoms with Crippen LogP contribution in [-0.4, -0.2) is 37.5 Å². The molecule has 26 heavy (non-hydrogen) atoms. The lowest BCUT2D eigenvalue weighted by Gasteiger charge is -2.11. The third kappa shape index (κ3) is 3.29. The SMILES string of the molecule is C=CCN1C(=O)/C(=C\c2cnc3ccccc3n2)S/C1=N/c1nccs1. The summed E-state index contributed by atoms with van der Waals surface area (Å²) in [7, 11) is 0. The monoisotopic (exact) mass is 379 g/mol. The number of rotatable bonds is 4. The van der Waals surface area contributed by atoms with E-state index in [1.165, 1.54) is 23.1 Å². The first kappa shape index (κ1) is 16.6. The van der Waals surface area contributed by atoms with E-state index in [2.05, 4.69) is 26.5 Å². The van der Waals surface area contributed by atoms with E-state index in [-0.39, 0.29) is 5.91 Å². The highest BCUT2D eigenvalue weighted by atomic mass is 32.2. The lowest BCUT2D eigenvalue weighted by Crippen LogP contribution is -2.29. The van der Waals surface area contributed by atoms with Gasteiger partial charge in [-0.1, -0.05) is 18.2 Å². The maximum absolute atomic E-state index is 12.7. The number of hydrogen-bond donors (Lipinski definition) is 0. The van der Waals surface area contributed by atoms with Crippen molar-refractivity contribution in [2.24, 2.45) is 4.99 Å². The van der Waals surface area contributed by atoms with Crippen LogP contribution in [0.25, 0.3) is 17.1 Å². The van der Waals surface area contributed by atoms with Crippen LogP contribution in [0, 0.1) is 0 Å². The van der Waals surface area contributed by atoms with Crippen molar-refractivity contribution in [1.82, 2.24) is 19.9 Å². The van der Waals surface area contributed by atoms with Gasteiger partial charge in [0.25, 0.3) is 5.91 Å². The van der Waals surface area contributed by atoms with Crippen LogP contribution in [0.5, 0.6) is 0 Å². The Labute approximate surface area is 158 Å². The first-order chi connectivity index (χ1) is 12.7. The van der Waals surface area contributed by atoms with Crippen molar-refractivity contribution in [1.29, 1.82) is 0 Å². The van der Waals surface area contributed by atoms with Crippen LogP contribution in [0.3, 0.4) is 0 Å². The van der Waals surface area contributed by atoms with Crippen molar-refractivity contribution >= 4 is 56.4 Å². The number of fused-ring (bicyclic) bond motifs is 1. The lowest BCUT2D eigenvalue weighted by atomic mass is 10.3. The molecule has 1 aliphatic heterocycles. The number of aromatic nitrogens is 3. The van der Waals surface area contributed by atoms with E-state index in [9.17, 15) is 4.79 Å². The summed E-state index contributed by atoms with van der Waals surface area (Å²) in [6, 6.07) is 7.63. The normalized spacial score (nSPS) is 17.5. The number of aliphatic imine (C=N–C) groups is 1. The maximum atomic E-state index is 12.7. The second kappa shape index (κ2) is 7.19. The molecule has 128 valence electrons. The number of para-hydroxylation sites is 2. The van der Waals surface area contributed by atoms with E-state index in [0.29, 0.717) is 27.4 Å². The molecule has 2 aromatic heterocycles. The average Bonchev–Trinajstić information content (AvgIpc) is 3.26. The van der Waals surface area contributed by atoms with Crippen LogP contribution in [-0.2, 0) is 4.79 Å². The molecule has 3 heterocycles. The fraction of sp³-hybridized carbons (Fsp3) is 0.0556. The molecular formula is C18H13N5OS2. The van der Waals surface area contributed by atoms with Gasteiger partial charge in [-0.2, -0.15) is 4.99 Å². The zero-order chi connectivity index (χ0) is 17.9. The molecule has 3 aromatic rings. The first-order valence-electron chi connectivity index (χ1n) is 7.77. The molecule has 4 rings (SSSR count). The van der Waals surface area contributed by atoms with Gasteiger partial charge < -0.3 is 0 Å². The van der Waals surface area contributed by atoms with Gasteiger partial charge in [0, 0.05) is 18.1 Å². The summed E-state index contributed by atoms with van der Waals surface area (Å²) in [6.07, 6.45) is 6.77. The summed E-state index contributed by atoms with van der Waals surface area (Å²) >= 11 is 2.72. The number of carbonyl (C=O) groups excluding carboxylic acids is 1. The zero-order valence-corrected chi connectivity index (χ0v) is 15.2. The van der Waals surface area contributed by atoms with Crippen molar-refractivity contribution < 1.29 is 4.79 Å². The second-order valence-electron chi connectivity index (χ2n) is 5.31. The summed E-state index contributed by atoms with van der Waals surface area (Å²) in [6.45, 7) is 4.11. The maximum Gasteiger partial charge on any atom is 0.267 e. The summed E-state index contributed by atoms with van der Waals surface area (Å²) in [5, 5.41) is 3.05. The lowest BCUT2D eigenvalue weighted by molar-refractivity contribution is -0.121. The largest absolute Gasteiger partial charge is 0.282 e. The Morgan fingerprint density at radius 1 is 1.23 bits per heavy atom. The minimum Gasteiger partial charge on any atom is -0.282 e. The third-order valence-electron chi connectivity index (χ3n) is 3.56. The molecule has 1 amide bonds. The van der Waals surface area contributed by atoms with Crippen LogP contribution in [0.4, 0.5) is 5.13 Å². The highest BCUT2D eigenvalue weighted by Crippen LogP contribution is 2.34. The van der Waals surface area contributed by atoms with E-state index in [0.717, 1.165) is 11.0 Å². The van der Waals surface area contributed by atoms with Crippen LogP contribution in [0.1, 0.15) is 5.69 Å². The average molecular weight is 379 g/mol. The topological polar surface area (TPSA) is 71.3 Å². The predicted molar refractivity (Wildman–Crippen MR) is 106 cm³/mol. The van der Waals surface area contributed by atoms with Crippen molar-refractivity contribution in [3.8, 4) is 0 Å². The Balaban J connectivity index is 1.70. The molecule has 0 spiro atoms. The molecule has 1 aliphatic rings. The fourth-order valence-corrected chi connectivity index (χ4v) is 3.95. The van der Waals surface area contributed by atoms with Crippen molar-refractivity contribution in [3.63, 3.8) is 0 Å². The quantitative estimate of drug-likeness (QED) is 0.508. The number of thioether (sulfide) groups is 1. The van der Waals surface area contributed by atoms with Gasteiger partial charge in [0.1, 0.15) is 0 Å². The molecule has 8 heteroatoms. The molecule has 6 nitrogen and oxygen atoms in total. The Morgan fingerprint density at radius 3 is 2.85 bits per heavy atom. The fourth-order valence-electron chi connectivity index (χ4n) is 2.41. The van der Waals surface area contributed by atoms with E-state index in [1.807, 2.05) is 29.6 Å². The predicted octanol–water partition coefficient (Wildman–Crippen LogP) is 3.88. The summed E-state index contributed by atoms with van der Waals surface area (Å²) in [5.74, 6) is -0.125. The summed E-state index contributed by atoms with van der Waals surface area (Å²) < 4.78 is 0. The number of hydrogen-bond acceptors (Lipinski definition) is 7. The van der Waals surface area contributed by atoms with E-state index < -0.39 is 0 Å². The van der Waals surface area contributed by atoms with Crippen LogP contribution in [0.2, 0.25) is 0 Å². The molecule has 0 bridgehead atoms. The van der Waals surface area contributed by atoms with Gasteiger partial charge in [-0.25, -0.2) is 9.97 Å². The number of thiazole rings is 1. The van der Waals surface area contributed by atoms with Crippen LogP contribution in [0.15, 0.2) is 64.6 Å². The van der Waals surface area contributed by atoms with Crippen molar-refractivity contribution in [2.45, 2.75) is 0 Å². The van der Waals surface area contributed by atoms with E-state index in [1.54, 1.807) is 29.4 Å². The Hall–Kier alpha value is -2.84. The van der Waals surface area contributed by atoms with Crippen molar-refractivity contribution in [3.05, 3.63) is 65.3 Å². The van der Waals surface area contributed by atoms with Gasteiger partial charge in [0.15, 0.2) is 5.17 Å². The number of benzene rings is 1. The number of amides is 1. The Bertz CT molecular complexity index is 1040. The molecule has 0 unspecified atom stereocenters. The molecule has 0 saturated carbocycles. The second-order valence-corrected chi connectivity index (χ2v) is 7.19. The Morgan fingerprint density at radius 2 is 2.08 bits per heavy atom. The molecule has 0 N–H and O–H groups in total. The minimum atomic E-state index is -0.125. The minimum absolute atomic E-state index is 0.125. The van der Waals surface area contributed by atoms with Gasteiger partial charge in [-0.05, 0) is 30.0 Å². The standard InChI is InChI=1S/C18H13N5OS2/c1-2-8-23-16(24)15(26-18(23)22-17-19-7-9-25-17)10-12-11-20-13-5-3-4-6-14(13)21-12/h2-7,9-11H,1,8H2/b15-10+,22-18+. The number of carbonyl (C=O) groups is 1. The zero-order valence-electron chi connectivity index (χ0n) is 13.6. The van der Waals surface area contributed by atoms with E-state index >= 15 is 0 Å².